The van der Waals surface area contributed by atoms with E-state index in [1.54, 1.807) is 4.90 Å². The molecule has 1 aliphatic rings. The van der Waals surface area contributed by atoms with Gasteiger partial charge >= 0.3 is 6.09 Å². The molecule has 0 aromatic heterocycles. The Bertz CT molecular complexity index is 136. The molecule has 0 unspecified atom stereocenters. The van der Waals surface area contributed by atoms with Crippen LogP contribution in [0.4, 0.5) is 4.79 Å². The van der Waals surface area contributed by atoms with Gasteiger partial charge in [0.05, 0.1) is 13.2 Å². The summed E-state index contributed by atoms with van der Waals surface area (Å²) in [5, 5.41) is 0. The van der Waals surface area contributed by atoms with Crippen LogP contribution in [0.15, 0.2) is 0 Å². The molecule has 5 heteroatoms. The van der Waals surface area contributed by atoms with Crippen LogP contribution in [-0.4, -0.2) is 41.9 Å². The monoisotopic (exact) mass is 271 g/mol. The second-order valence-corrected chi connectivity index (χ2v) is 2.74. The largest absolute Gasteiger partial charge is 0.439 e. The smallest absolute Gasteiger partial charge is 0.410 e. The van der Waals surface area contributed by atoms with Crippen LogP contribution >= 0.6 is 22.6 Å². The molecule has 0 aliphatic carbocycles. The van der Waals surface area contributed by atoms with Crippen LogP contribution in [0.5, 0.6) is 0 Å². The number of alkyl halides is 1. The lowest BCUT2D eigenvalue weighted by molar-refractivity contribution is 0.0328. The highest BCUT2D eigenvalue weighted by atomic mass is 127. The Morgan fingerprint density at radius 3 is 2.73 bits per heavy atom. The maximum absolute atomic E-state index is 11.0. The fourth-order valence-electron chi connectivity index (χ4n) is 0.884. The van der Waals surface area contributed by atoms with E-state index in [1.807, 2.05) is 22.6 Å². The summed E-state index contributed by atoms with van der Waals surface area (Å²) in [5.74, 6) is 0. The summed E-state index contributed by atoms with van der Waals surface area (Å²) in [4.78, 5) is 12.7. The summed E-state index contributed by atoms with van der Waals surface area (Å²) in [6, 6.07) is 0. The van der Waals surface area contributed by atoms with E-state index in [0.717, 1.165) is 0 Å². The van der Waals surface area contributed by atoms with Crippen LogP contribution in [0.2, 0.25) is 0 Å². The Kier molecular flexibility index (Phi) is 3.92. The van der Waals surface area contributed by atoms with Gasteiger partial charge in [-0.25, -0.2) is 4.79 Å². The van der Waals surface area contributed by atoms with Gasteiger partial charge in [-0.1, -0.05) is 0 Å². The lowest BCUT2D eigenvalue weighted by Crippen LogP contribution is -2.40. The number of rotatable bonds is 1. The number of carbonyl (C=O) groups excluding carboxylic acids is 1. The van der Waals surface area contributed by atoms with E-state index in [1.165, 1.54) is 0 Å². The summed E-state index contributed by atoms with van der Waals surface area (Å²) in [6.45, 7) is 2.54. The molecule has 1 fully saturated rings. The van der Waals surface area contributed by atoms with Crippen molar-refractivity contribution in [3.05, 3.63) is 0 Å². The Morgan fingerprint density at radius 2 is 2.18 bits per heavy atom. The first kappa shape index (κ1) is 9.05. The Morgan fingerprint density at radius 1 is 1.55 bits per heavy atom. The number of nitrogens with zero attached hydrogens (tertiary/aromatic N) is 1. The topological polar surface area (TPSA) is 38.8 Å². The maximum atomic E-state index is 11.0. The molecule has 1 heterocycles. The van der Waals surface area contributed by atoms with Crippen molar-refractivity contribution in [3.8, 4) is 0 Å². The average molecular weight is 271 g/mol. The zero-order valence-electron chi connectivity index (χ0n) is 6.09. The Hall–Kier alpha value is -0.0400. The molecule has 0 radical (unpaired) electrons. The van der Waals surface area contributed by atoms with Crippen LogP contribution < -0.4 is 0 Å². The summed E-state index contributed by atoms with van der Waals surface area (Å²) in [5.41, 5.74) is 0. The first-order chi connectivity index (χ1) is 5.34. The van der Waals surface area contributed by atoms with Crippen molar-refractivity contribution in [2.75, 3.05) is 30.9 Å². The second kappa shape index (κ2) is 4.76. The zero-order valence-corrected chi connectivity index (χ0v) is 8.24. The van der Waals surface area contributed by atoms with E-state index in [0.29, 0.717) is 30.9 Å². The van der Waals surface area contributed by atoms with E-state index in [9.17, 15) is 4.79 Å². The quantitative estimate of drug-likeness (QED) is 0.524. The maximum Gasteiger partial charge on any atom is 0.410 e. The molecule has 1 rings (SSSR count). The van der Waals surface area contributed by atoms with E-state index >= 15 is 0 Å². The molecule has 0 bridgehead atoms. The molecular weight excluding hydrogens is 261 g/mol. The number of amides is 1. The highest BCUT2D eigenvalue weighted by Gasteiger charge is 2.16. The molecule has 1 amide bonds. The van der Waals surface area contributed by atoms with Gasteiger partial charge in [0.1, 0.15) is 4.61 Å². The van der Waals surface area contributed by atoms with Crippen molar-refractivity contribution >= 4 is 28.7 Å². The third kappa shape index (κ3) is 2.82. The molecule has 0 spiro atoms. The fraction of sp³-hybridized carbons (Fsp3) is 0.833. The molecule has 0 saturated carbocycles. The zero-order chi connectivity index (χ0) is 8.10. The number of hydrogen-bond acceptors (Lipinski definition) is 3. The molecule has 1 saturated heterocycles. The highest BCUT2D eigenvalue weighted by molar-refractivity contribution is 14.1. The van der Waals surface area contributed by atoms with Gasteiger partial charge < -0.3 is 14.4 Å². The Labute approximate surface area is 79.0 Å². The summed E-state index contributed by atoms with van der Waals surface area (Å²) < 4.78 is 10.3. The number of halogens is 1. The van der Waals surface area contributed by atoms with E-state index < -0.39 is 0 Å². The molecule has 0 atom stereocenters. The first-order valence-electron chi connectivity index (χ1n) is 3.40. The van der Waals surface area contributed by atoms with E-state index in [2.05, 4.69) is 0 Å². The first-order valence-corrected chi connectivity index (χ1v) is 4.92. The van der Waals surface area contributed by atoms with Gasteiger partial charge in [-0.3, -0.25) is 0 Å². The fourth-order valence-corrected chi connectivity index (χ4v) is 1.15. The van der Waals surface area contributed by atoms with Crippen molar-refractivity contribution in [1.29, 1.82) is 0 Å². The van der Waals surface area contributed by atoms with Gasteiger partial charge in [-0.2, -0.15) is 0 Å². The minimum Gasteiger partial charge on any atom is -0.439 e. The van der Waals surface area contributed by atoms with E-state index in [-0.39, 0.29) is 6.09 Å². The van der Waals surface area contributed by atoms with Crippen LogP contribution in [-0.2, 0) is 9.47 Å². The summed E-state index contributed by atoms with van der Waals surface area (Å²) in [6.07, 6.45) is -0.234. The molecule has 64 valence electrons. The Balaban J connectivity index is 2.27. The number of carbonyl (C=O) groups is 1. The third-order valence-corrected chi connectivity index (χ3v) is 1.76. The number of morpholine rings is 1. The standard InChI is InChI=1S/C6H10INO3/c7-5-11-6(9)8-1-3-10-4-2-8/h1-5H2. The van der Waals surface area contributed by atoms with Crippen LogP contribution in [0, 0.1) is 0 Å². The van der Waals surface area contributed by atoms with Crippen molar-refractivity contribution in [2.45, 2.75) is 0 Å². The number of ether oxygens (including phenoxy) is 2. The average Bonchev–Trinajstić information content (AvgIpc) is 2.07. The van der Waals surface area contributed by atoms with Gasteiger partial charge in [-0.15, -0.1) is 0 Å². The van der Waals surface area contributed by atoms with Gasteiger partial charge in [0.25, 0.3) is 0 Å². The van der Waals surface area contributed by atoms with Crippen molar-refractivity contribution in [1.82, 2.24) is 4.90 Å². The molecule has 4 nitrogen and oxygen atoms in total. The molecule has 0 N–H and O–H groups in total. The lowest BCUT2D eigenvalue weighted by atomic mass is 10.5. The summed E-state index contributed by atoms with van der Waals surface area (Å²) >= 11 is 2.00. The predicted molar refractivity (Wildman–Crippen MR) is 47.8 cm³/mol. The van der Waals surface area contributed by atoms with Gasteiger partial charge in [0, 0.05) is 13.1 Å². The van der Waals surface area contributed by atoms with Gasteiger partial charge in [0.2, 0.25) is 0 Å². The van der Waals surface area contributed by atoms with Gasteiger partial charge in [0.15, 0.2) is 0 Å². The molecule has 1 aliphatic heterocycles. The van der Waals surface area contributed by atoms with Gasteiger partial charge in [-0.05, 0) is 22.6 Å². The second-order valence-electron chi connectivity index (χ2n) is 2.12. The van der Waals surface area contributed by atoms with Crippen molar-refractivity contribution < 1.29 is 14.3 Å². The van der Waals surface area contributed by atoms with E-state index in [4.69, 9.17) is 9.47 Å². The summed E-state index contributed by atoms with van der Waals surface area (Å²) in [7, 11) is 0. The predicted octanol–water partition coefficient (Wildman–Crippen LogP) is 0.848. The normalized spacial score (nSPS) is 18.1. The van der Waals surface area contributed by atoms with Crippen LogP contribution in [0.3, 0.4) is 0 Å². The van der Waals surface area contributed by atoms with Crippen LogP contribution in [0.25, 0.3) is 0 Å². The molecule has 0 aromatic carbocycles. The third-order valence-electron chi connectivity index (χ3n) is 1.45. The molecule has 11 heavy (non-hydrogen) atoms. The molecule has 0 aromatic rings. The van der Waals surface area contributed by atoms with Crippen molar-refractivity contribution in [2.24, 2.45) is 0 Å². The minimum absolute atomic E-state index is 0.234. The molecular formula is C6H10INO3. The van der Waals surface area contributed by atoms with Crippen molar-refractivity contribution in [3.63, 3.8) is 0 Å². The SMILES string of the molecule is O=C(OCI)N1CCOCC1. The minimum atomic E-state index is -0.234. The highest BCUT2D eigenvalue weighted by Crippen LogP contribution is 2.00. The van der Waals surface area contributed by atoms with Crippen LogP contribution in [0.1, 0.15) is 0 Å². The number of hydrogen-bond donors (Lipinski definition) is 0. The lowest BCUT2D eigenvalue weighted by Gasteiger charge is -2.25.